The Hall–Kier alpha value is -1.33. The number of rotatable bonds is 3. The lowest BCUT2D eigenvalue weighted by Gasteiger charge is -2.16. The first-order chi connectivity index (χ1) is 8.35. The van der Waals surface area contributed by atoms with Crippen LogP contribution in [0.3, 0.4) is 0 Å². The van der Waals surface area contributed by atoms with Crippen LogP contribution in [-0.4, -0.2) is 10.5 Å². The maximum atomic E-state index is 13.6. The van der Waals surface area contributed by atoms with Crippen molar-refractivity contribution in [1.29, 1.82) is 0 Å². The van der Waals surface area contributed by atoms with E-state index in [0.717, 1.165) is 23.9 Å². The summed E-state index contributed by atoms with van der Waals surface area (Å²) in [5.74, 6) is -0.938. The topological polar surface area (TPSA) is 38.9 Å². The Morgan fingerprint density at radius 2 is 2.06 bits per heavy atom. The summed E-state index contributed by atoms with van der Waals surface area (Å²) >= 11 is 1.29. The number of halogens is 2. The van der Waals surface area contributed by atoms with Crippen LogP contribution < -0.4 is 5.73 Å². The number of nitrogens with two attached hydrogens (primary N) is 1. The van der Waals surface area contributed by atoms with E-state index in [0.29, 0.717) is 11.4 Å². The molecule has 2 rings (SSSR count). The van der Waals surface area contributed by atoms with E-state index in [1.807, 2.05) is 19.2 Å². The second kappa shape index (κ2) is 4.74. The zero-order valence-corrected chi connectivity index (χ0v) is 11.0. The van der Waals surface area contributed by atoms with Crippen LogP contribution in [-0.2, 0) is 6.42 Å². The van der Waals surface area contributed by atoms with Crippen LogP contribution in [0.25, 0.3) is 10.6 Å². The summed E-state index contributed by atoms with van der Waals surface area (Å²) in [5.41, 5.74) is 6.52. The van der Waals surface area contributed by atoms with Crippen molar-refractivity contribution >= 4 is 11.3 Å². The first-order valence-electron chi connectivity index (χ1n) is 5.54. The Morgan fingerprint density at radius 1 is 1.33 bits per heavy atom. The maximum absolute atomic E-state index is 13.6. The van der Waals surface area contributed by atoms with Crippen LogP contribution in [0, 0.1) is 11.6 Å². The molecule has 0 unspecified atom stereocenters. The molecule has 0 spiro atoms. The minimum atomic E-state index is -0.470. The Balaban J connectivity index is 2.32. The van der Waals surface area contributed by atoms with Crippen molar-refractivity contribution in [3.05, 3.63) is 40.9 Å². The summed E-state index contributed by atoms with van der Waals surface area (Å²) in [6, 6.07) is 3.36. The summed E-state index contributed by atoms with van der Waals surface area (Å²) < 4.78 is 26.7. The summed E-state index contributed by atoms with van der Waals surface area (Å²) in [5, 5.41) is 2.31. The standard InChI is InChI=1S/C13H14F2N2S/c1-13(2,16)6-9-7-18-12(17-9)10-5-8(14)3-4-11(10)15/h3-5,7H,6,16H2,1-2H3. The number of aromatic nitrogens is 1. The van der Waals surface area contributed by atoms with Crippen molar-refractivity contribution in [3.63, 3.8) is 0 Å². The number of hydrogen-bond donors (Lipinski definition) is 1. The molecule has 5 heteroatoms. The van der Waals surface area contributed by atoms with Crippen LogP contribution in [0.1, 0.15) is 19.5 Å². The first-order valence-corrected chi connectivity index (χ1v) is 6.42. The zero-order valence-electron chi connectivity index (χ0n) is 10.2. The van der Waals surface area contributed by atoms with Gasteiger partial charge in [-0.3, -0.25) is 0 Å². The van der Waals surface area contributed by atoms with Gasteiger partial charge in [-0.05, 0) is 32.0 Å². The fraction of sp³-hybridized carbons (Fsp3) is 0.308. The molecule has 0 amide bonds. The summed E-state index contributed by atoms with van der Waals surface area (Å²) in [7, 11) is 0. The van der Waals surface area contributed by atoms with Gasteiger partial charge in [-0.25, -0.2) is 13.8 Å². The maximum Gasteiger partial charge on any atom is 0.133 e. The van der Waals surface area contributed by atoms with E-state index >= 15 is 0 Å². The van der Waals surface area contributed by atoms with Crippen molar-refractivity contribution in [2.24, 2.45) is 5.73 Å². The molecule has 2 aromatic rings. The third-order valence-corrected chi connectivity index (χ3v) is 3.27. The average molecular weight is 268 g/mol. The van der Waals surface area contributed by atoms with E-state index in [9.17, 15) is 8.78 Å². The predicted molar refractivity (Wildman–Crippen MR) is 69.4 cm³/mol. The molecule has 1 aromatic carbocycles. The largest absolute Gasteiger partial charge is 0.325 e. The molecule has 18 heavy (non-hydrogen) atoms. The van der Waals surface area contributed by atoms with Gasteiger partial charge in [-0.15, -0.1) is 11.3 Å². The number of benzene rings is 1. The highest BCUT2D eigenvalue weighted by Crippen LogP contribution is 2.27. The molecule has 2 N–H and O–H groups in total. The monoisotopic (exact) mass is 268 g/mol. The molecular weight excluding hydrogens is 254 g/mol. The molecule has 0 aliphatic rings. The highest BCUT2D eigenvalue weighted by Gasteiger charge is 2.16. The van der Waals surface area contributed by atoms with Crippen molar-refractivity contribution < 1.29 is 8.78 Å². The second-order valence-corrected chi connectivity index (χ2v) is 5.79. The van der Waals surface area contributed by atoms with Crippen LogP contribution in [0.15, 0.2) is 23.6 Å². The summed E-state index contributed by atoms with van der Waals surface area (Å²) in [6.07, 6.45) is 0.598. The second-order valence-electron chi connectivity index (χ2n) is 4.93. The Kier molecular flexibility index (Phi) is 3.45. The van der Waals surface area contributed by atoms with Gasteiger partial charge in [0.25, 0.3) is 0 Å². The smallest absolute Gasteiger partial charge is 0.133 e. The lowest BCUT2D eigenvalue weighted by Crippen LogP contribution is -2.34. The quantitative estimate of drug-likeness (QED) is 0.927. The number of nitrogens with zero attached hydrogens (tertiary/aromatic N) is 1. The fourth-order valence-corrected chi connectivity index (χ4v) is 2.48. The Morgan fingerprint density at radius 3 is 2.72 bits per heavy atom. The van der Waals surface area contributed by atoms with Gasteiger partial charge in [-0.2, -0.15) is 0 Å². The van der Waals surface area contributed by atoms with Crippen molar-refractivity contribution in [3.8, 4) is 10.6 Å². The molecule has 1 heterocycles. The Bertz CT molecular complexity index is 558. The summed E-state index contributed by atoms with van der Waals surface area (Å²) in [4.78, 5) is 4.30. The van der Waals surface area contributed by atoms with E-state index in [1.54, 1.807) is 0 Å². The molecule has 0 aliphatic carbocycles. The third-order valence-electron chi connectivity index (χ3n) is 2.35. The van der Waals surface area contributed by atoms with Crippen molar-refractivity contribution in [2.75, 3.05) is 0 Å². The van der Waals surface area contributed by atoms with Crippen LogP contribution in [0.4, 0.5) is 8.78 Å². The molecule has 0 atom stereocenters. The highest BCUT2D eigenvalue weighted by atomic mass is 32.1. The molecule has 0 bridgehead atoms. The normalized spacial score (nSPS) is 11.8. The Labute approximate surface area is 108 Å². The lowest BCUT2D eigenvalue weighted by atomic mass is 10.0. The molecule has 0 saturated carbocycles. The third kappa shape index (κ3) is 3.11. The minimum Gasteiger partial charge on any atom is -0.325 e. The first kappa shape index (κ1) is 13.1. The van der Waals surface area contributed by atoms with Crippen LogP contribution in [0.2, 0.25) is 0 Å². The van der Waals surface area contributed by atoms with Gasteiger partial charge < -0.3 is 5.73 Å². The van der Waals surface area contributed by atoms with E-state index < -0.39 is 11.6 Å². The van der Waals surface area contributed by atoms with E-state index in [1.165, 1.54) is 11.3 Å². The van der Waals surface area contributed by atoms with Gasteiger partial charge in [-0.1, -0.05) is 0 Å². The van der Waals surface area contributed by atoms with Gasteiger partial charge in [0.15, 0.2) is 0 Å². The van der Waals surface area contributed by atoms with Gasteiger partial charge in [0.1, 0.15) is 16.6 Å². The molecule has 0 aliphatic heterocycles. The van der Waals surface area contributed by atoms with Gasteiger partial charge in [0, 0.05) is 22.9 Å². The molecule has 96 valence electrons. The van der Waals surface area contributed by atoms with E-state index in [-0.39, 0.29) is 11.1 Å². The highest BCUT2D eigenvalue weighted by molar-refractivity contribution is 7.13. The van der Waals surface area contributed by atoms with Gasteiger partial charge >= 0.3 is 0 Å². The van der Waals surface area contributed by atoms with Crippen molar-refractivity contribution in [1.82, 2.24) is 4.98 Å². The summed E-state index contributed by atoms with van der Waals surface area (Å²) in [6.45, 7) is 3.80. The van der Waals surface area contributed by atoms with Crippen molar-refractivity contribution in [2.45, 2.75) is 25.8 Å². The minimum absolute atomic E-state index is 0.195. The number of hydrogen-bond acceptors (Lipinski definition) is 3. The van der Waals surface area contributed by atoms with Gasteiger partial charge in [0.05, 0.1) is 5.69 Å². The van der Waals surface area contributed by atoms with E-state index in [4.69, 9.17) is 5.73 Å². The SMILES string of the molecule is CC(C)(N)Cc1csc(-c2cc(F)ccc2F)n1. The molecular formula is C13H14F2N2S. The lowest BCUT2D eigenvalue weighted by molar-refractivity contribution is 0.511. The molecule has 1 aromatic heterocycles. The van der Waals surface area contributed by atoms with E-state index in [2.05, 4.69) is 4.98 Å². The average Bonchev–Trinajstić information content (AvgIpc) is 2.67. The van der Waals surface area contributed by atoms with Crippen LogP contribution in [0.5, 0.6) is 0 Å². The molecule has 2 nitrogen and oxygen atoms in total. The predicted octanol–water partition coefficient (Wildman–Crippen LogP) is 3.37. The fourth-order valence-electron chi connectivity index (χ4n) is 1.64. The molecule has 0 fully saturated rings. The van der Waals surface area contributed by atoms with Gasteiger partial charge in [0.2, 0.25) is 0 Å². The van der Waals surface area contributed by atoms with Crippen LogP contribution >= 0.6 is 11.3 Å². The zero-order chi connectivity index (χ0) is 13.3. The molecule has 0 radical (unpaired) electrons. The molecule has 0 saturated heterocycles. The number of thiazole rings is 1.